The highest BCUT2D eigenvalue weighted by atomic mass is 35.5. The number of carbonyl (C=O) groups is 2. The number of rotatable bonds is 4. The molecule has 164 valence electrons. The topological polar surface area (TPSA) is 71.0 Å². The lowest BCUT2D eigenvalue weighted by Crippen LogP contribution is -2.43. The van der Waals surface area contributed by atoms with Crippen molar-refractivity contribution < 1.29 is 27.5 Å². The summed E-state index contributed by atoms with van der Waals surface area (Å²) >= 11 is 6.63. The summed E-state index contributed by atoms with van der Waals surface area (Å²) in [6.45, 7) is 0. The van der Waals surface area contributed by atoms with E-state index in [1.165, 1.54) is 25.1 Å². The first-order chi connectivity index (χ1) is 14.6. The Morgan fingerprint density at radius 3 is 2.55 bits per heavy atom. The molecule has 1 aliphatic rings. The van der Waals surface area contributed by atoms with Crippen LogP contribution in [0.2, 0.25) is 5.02 Å². The van der Waals surface area contributed by atoms with Gasteiger partial charge in [0.25, 0.3) is 0 Å². The second kappa shape index (κ2) is 9.19. The van der Waals surface area contributed by atoms with Gasteiger partial charge in [0.2, 0.25) is 11.8 Å². The van der Waals surface area contributed by atoms with Gasteiger partial charge in [-0.15, -0.1) is 0 Å². The largest absolute Gasteiger partial charge is 0.497 e. The SMILES string of the molecule is COc1ccc(NC(=O)[C@@H]2CC(=O)N(C)C(=Nc3ccc(Cl)c(C(F)(F)F)c3)S2)cc1. The zero-order chi connectivity index (χ0) is 22.8. The first kappa shape index (κ1) is 23.0. The maximum Gasteiger partial charge on any atom is 0.417 e. The summed E-state index contributed by atoms with van der Waals surface area (Å²) in [5, 5.41) is 1.58. The molecule has 1 fully saturated rings. The Balaban J connectivity index is 1.81. The van der Waals surface area contributed by atoms with Crippen molar-refractivity contribution in [3.8, 4) is 5.75 Å². The molecular formula is C20H17ClF3N3O3S. The van der Waals surface area contributed by atoms with Gasteiger partial charge in [0.15, 0.2) is 5.17 Å². The summed E-state index contributed by atoms with van der Waals surface area (Å²) in [4.78, 5) is 30.4. The highest BCUT2D eigenvalue weighted by Gasteiger charge is 2.35. The minimum Gasteiger partial charge on any atom is -0.497 e. The number of nitrogens with one attached hydrogen (secondary N) is 1. The quantitative estimate of drug-likeness (QED) is 0.684. The molecule has 11 heteroatoms. The van der Waals surface area contributed by atoms with Crippen LogP contribution in [0, 0.1) is 0 Å². The first-order valence-electron chi connectivity index (χ1n) is 8.92. The Morgan fingerprint density at radius 1 is 1.26 bits per heavy atom. The van der Waals surface area contributed by atoms with Crippen molar-refractivity contribution in [2.24, 2.45) is 4.99 Å². The molecule has 0 aliphatic carbocycles. The number of nitrogens with zero attached hydrogens (tertiary/aromatic N) is 2. The van der Waals surface area contributed by atoms with Crippen LogP contribution in [0.3, 0.4) is 0 Å². The minimum atomic E-state index is -4.64. The predicted molar refractivity (Wildman–Crippen MR) is 114 cm³/mol. The van der Waals surface area contributed by atoms with E-state index in [4.69, 9.17) is 16.3 Å². The molecule has 2 aromatic carbocycles. The Kier molecular flexibility index (Phi) is 6.80. The van der Waals surface area contributed by atoms with Gasteiger partial charge in [0.1, 0.15) is 11.0 Å². The number of amidine groups is 1. The van der Waals surface area contributed by atoms with E-state index >= 15 is 0 Å². The number of anilines is 1. The number of thioether (sulfide) groups is 1. The minimum absolute atomic E-state index is 0.0323. The third-order valence-electron chi connectivity index (χ3n) is 4.40. The number of methoxy groups -OCH3 is 1. The van der Waals surface area contributed by atoms with Gasteiger partial charge in [0.05, 0.1) is 23.4 Å². The highest BCUT2D eigenvalue weighted by Crippen LogP contribution is 2.37. The van der Waals surface area contributed by atoms with Crippen LogP contribution in [0.15, 0.2) is 47.5 Å². The summed E-state index contributed by atoms with van der Waals surface area (Å²) in [5.41, 5.74) is -0.543. The molecule has 1 heterocycles. The Hall–Kier alpha value is -2.72. The van der Waals surface area contributed by atoms with Crippen molar-refractivity contribution in [3.05, 3.63) is 53.1 Å². The van der Waals surface area contributed by atoms with Crippen molar-refractivity contribution in [3.63, 3.8) is 0 Å². The van der Waals surface area contributed by atoms with E-state index in [1.807, 2.05) is 0 Å². The Bertz CT molecular complexity index is 1030. The van der Waals surface area contributed by atoms with Gasteiger partial charge in [-0.3, -0.25) is 14.5 Å². The van der Waals surface area contributed by atoms with Crippen LogP contribution in [0.5, 0.6) is 5.75 Å². The maximum absolute atomic E-state index is 13.1. The molecule has 6 nitrogen and oxygen atoms in total. The van der Waals surface area contributed by atoms with Crippen molar-refractivity contribution in [1.29, 1.82) is 0 Å². The van der Waals surface area contributed by atoms with Crippen molar-refractivity contribution in [1.82, 2.24) is 4.90 Å². The van der Waals surface area contributed by atoms with Crippen LogP contribution in [0.25, 0.3) is 0 Å². The van der Waals surface area contributed by atoms with Crippen molar-refractivity contribution >= 4 is 51.7 Å². The van der Waals surface area contributed by atoms with E-state index in [-0.39, 0.29) is 23.2 Å². The smallest absolute Gasteiger partial charge is 0.417 e. The average Bonchev–Trinajstić information content (AvgIpc) is 2.72. The second-order valence-electron chi connectivity index (χ2n) is 6.54. The first-order valence-corrected chi connectivity index (χ1v) is 10.2. The van der Waals surface area contributed by atoms with Gasteiger partial charge in [-0.1, -0.05) is 23.4 Å². The van der Waals surface area contributed by atoms with E-state index < -0.39 is 27.9 Å². The van der Waals surface area contributed by atoms with Crippen LogP contribution in [0.4, 0.5) is 24.5 Å². The Labute approximate surface area is 185 Å². The number of aliphatic imine (C=N–C) groups is 1. The van der Waals surface area contributed by atoms with Gasteiger partial charge >= 0.3 is 6.18 Å². The lowest BCUT2D eigenvalue weighted by atomic mass is 10.2. The number of hydrogen-bond acceptors (Lipinski definition) is 5. The van der Waals surface area contributed by atoms with Gasteiger partial charge < -0.3 is 10.1 Å². The summed E-state index contributed by atoms with van der Waals surface area (Å²) in [6.07, 6.45) is -4.72. The highest BCUT2D eigenvalue weighted by molar-refractivity contribution is 8.15. The molecule has 3 rings (SSSR count). The predicted octanol–water partition coefficient (Wildman–Crippen LogP) is 4.96. The molecule has 0 bridgehead atoms. The molecule has 0 unspecified atom stereocenters. The number of amides is 2. The molecule has 0 spiro atoms. The molecule has 2 aromatic rings. The molecule has 1 N–H and O–H groups in total. The van der Waals surface area contributed by atoms with E-state index in [2.05, 4.69) is 10.3 Å². The maximum atomic E-state index is 13.1. The van der Waals surface area contributed by atoms with Gasteiger partial charge in [0, 0.05) is 19.2 Å². The van der Waals surface area contributed by atoms with Gasteiger partial charge in [-0.05, 0) is 42.5 Å². The summed E-state index contributed by atoms with van der Waals surface area (Å²) in [5.74, 6) is -0.175. The molecule has 0 saturated carbocycles. The van der Waals surface area contributed by atoms with E-state index in [0.29, 0.717) is 11.4 Å². The zero-order valence-corrected chi connectivity index (χ0v) is 17.9. The number of hydrogen-bond donors (Lipinski definition) is 1. The molecular weight excluding hydrogens is 455 g/mol. The van der Waals surface area contributed by atoms with Crippen molar-refractivity contribution in [2.45, 2.75) is 17.8 Å². The number of halogens is 4. The normalized spacial score (nSPS) is 18.3. The molecule has 1 atom stereocenters. The average molecular weight is 472 g/mol. The molecule has 0 radical (unpaired) electrons. The molecule has 1 aliphatic heterocycles. The van der Waals surface area contributed by atoms with E-state index in [0.717, 1.165) is 23.9 Å². The standard InChI is InChI=1S/C20H17ClF3N3O3S/c1-27-17(28)10-16(18(29)25-11-3-6-13(30-2)7-4-11)31-19(27)26-12-5-8-15(21)14(9-12)20(22,23)24/h3-9,16H,10H2,1-2H3,(H,25,29)/t16-/m0/s1. The lowest BCUT2D eigenvalue weighted by Gasteiger charge is -2.28. The zero-order valence-electron chi connectivity index (χ0n) is 16.4. The molecule has 1 saturated heterocycles. The monoisotopic (exact) mass is 471 g/mol. The number of carbonyl (C=O) groups excluding carboxylic acids is 2. The number of alkyl halides is 3. The molecule has 0 aromatic heterocycles. The van der Waals surface area contributed by atoms with E-state index in [9.17, 15) is 22.8 Å². The van der Waals surface area contributed by atoms with Crippen LogP contribution in [-0.4, -0.2) is 41.3 Å². The van der Waals surface area contributed by atoms with Gasteiger partial charge in [-0.25, -0.2) is 4.99 Å². The van der Waals surface area contributed by atoms with Crippen LogP contribution >= 0.6 is 23.4 Å². The fraction of sp³-hybridized carbons (Fsp3) is 0.250. The number of benzene rings is 2. The second-order valence-corrected chi connectivity index (χ2v) is 8.11. The third-order valence-corrected chi connectivity index (χ3v) is 5.97. The van der Waals surface area contributed by atoms with Gasteiger partial charge in [-0.2, -0.15) is 13.2 Å². The third kappa shape index (κ3) is 5.50. The molecule has 2 amide bonds. The van der Waals surface area contributed by atoms with Crippen LogP contribution in [0.1, 0.15) is 12.0 Å². The van der Waals surface area contributed by atoms with Crippen molar-refractivity contribution in [2.75, 3.05) is 19.5 Å². The fourth-order valence-electron chi connectivity index (χ4n) is 2.71. The van der Waals surface area contributed by atoms with Crippen LogP contribution < -0.4 is 10.1 Å². The van der Waals surface area contributed by atoms with Crippen LogP contribution in [-0.2, 0) is 15.8 Å². The lowest BCUT2D eigenvalue weighted by molar-refractivity contribution is -0.137. The number of ether oxygens (including phenoxy) is 1. The fourth-order valence-corrected chi connectivity index (χ4v) is 3.99. The molecule has 31 heavy (non-hydrogen) atoms. The Morgan fingerprint density at radius 2 is 1.94 bits per heavy atom. The summed E-state index contributed by atoms with van der Waals surface area (Å²) in [7, 11) is 2.97. The van der Waals surface area contributed by atoms with E-state index in [1.54, 1.807) is 24.3 Å². The summed E-state index contributed by atoms with van der Waals surface area (Å²) in [6, 6.07) is 9.86. The summed E-state index contributed by atoms with van der Waals surface area (Å²) < 4.78 is 44.4.